The number of hydrogen-bond donors (Lipinski definition) is 2. The van der Waals surface area contributed by atoms with E-state index in [-0.39, 0.29) is 18.2 Å². The number of aromatic amines is 2. The Bertz CT molecular complexity index is 715. The Balaban J connectivity index is 2.37. The van der Waals surface area contributed by atoms with Crippen molar-refractivity contribution in [3.8, 4) is 0 Å². The Morgan fingerprint density at radius 2 is 1.67 bits per heavy atom. The van der Waals surface area contributed by atoms with E-state index in [0.717, 1.165) is 18.2 Å². The minimum atomic E-state index is -0.909. The van der Waals surface area contributed by atoms with Crippen LogP contribution in [0.4, 0.5) is 0 Å². The fraction of sp³-hybridized carbons (Fsp3) is 0.357. The smallest absolute Gasteiger partial charge is 0.333 e. The molecule has 1 heterocycles. The van der Waals surface area contributed by atoms with E-state index in [9.17, 15) is 24.0 Å². The van der Waals surface area contributed by atoms with E-state index in [4.69, 9.17) is 4.74 Å². The van der Waals surface area contributed by atoms with Gasteiger partial charge in [-0.1, -0.05) is 13.8 Å². The Kier molecular flexibility index (Phi) is 7.14. The number of ether oxygens (including phenoxy) is 3. The highest BCUT2D eigenvalue weighted by Crippen LogP contribution is 1.96. The third-order valence-electron chi connectivity index (χ3n) is 2.42. The Morgan fingerprint density at radius 3 is 2.25 bits per heavy atom. The zero-order valence-corrected chi connectivity index (χ0v) is 13.0. The molecule has 0 amide bonds. The van der Waals surface area contributed by atoms with Crippen LogP contribution in [0.3, 0.4) is 0 Å². The van der Waals surface area contributed by atoms with E-state index in [0.29, 0.717) is 0 Å². The summed E-state index contributed by atoms with van der Waals surface area (Å²) in [5.74, 6) is -2.69. The SMILES string of the molecule is CC(C)C(=O)OCOC(=O)/C=C/C(=O)OCc1cc(=O)[nH]c(=O)[nH]1. The van der Waals surface area contributed by atoms with Crippen LogP contribution in [0.2, 0.25) is 0 Å². The van der Waals surface area contributed by atoms with Crippen LogP contribution in [0, 0.1) is 5.92 Å². The first-order valence-electron chi connectivity index (χ1n) is 6.78. The summed E-state index contributed by atoms with van der Waals surface area (Å²) in [6, 6.07) is 1.05. The van der Waals surface area contributed by atoms with Gasteiger partial charge in [0, 0.05) is 18.2 Å². The highest BCUT2D eigenvalue weighted by Gasteiger charge is 2.09. The molecule has 24 heavy (non-hydrogen) atoms. The lowest BCUT2D eigenvalue weighted by molar-refractivity contribution is -0.166. The molecule has 130 valence electrons. The van der Waals surface area contributed by atoms with Gasteiger partial charge in [-0.2, -0.15) is 0 Å². The van der Waals surface area contributed by atoms with Gasteiger partial charge in [-0.05, 0) is 0 Å². The molecular weight excluding hydrogens is 324 g/mol. The summed E-state index contributed by atoms with van der Waals surface area (Å²) in [4.78, 5) is 60.0. The third-order valence-corrected chi connectivity index (χ3v) is 2.42. The number of nitrogens with one attached hydrogen (secondary N) is 2. The van der Waals surface area contributed by atoms with E-state index < -0.39 is 35.9 Å². The average Bonchev–Trinajstić information content (AvgIpc) is 2.49. The molecule has 0 bridgehead atoms. The maximum absolute atomic E-state index is 11.4. The van der Waals surface area contributed by atoms with Gasteiger partial charge in [0.05, 0.1) is 11.6 Å². The normalized spacial score (nSPS) is 10.6. The standard InChI is InChI=1S/C14H16N2O8/c1-8(2)13(20)24-7-23-12(19)4-3-11(18)22-6-9-5-10(17)16-14(21)15-9/h3-5,8H,6-7H2,1-2H3,(H2,15,16,17,21)/b4-3+. The molecule has 0 aliphatic rings. The van der Waals surface area contributed by atoms with E-state index in [1.165, 1.54) is 0 Å². The molecule has 0 unspecified atom stereocenters. The highest BCUT2D eigenvalue weighted by molar-refractivity contribution is 5.91. The molecule has 0 saturated heterocycles. The summed E-state index contributed by atoms with van der Waals surface area (Å²) in [6.07, 6.45) is 1.57. The van der Waals surface area contributed by atoms with Gasteiger partial charge in [0.15, 0.2) is 0 Å². The summed E-state index contributed by atoms with van der Waals surface area (Å²) in [6.45, 7) is 2.31. The van der Waals surface area contributed by atoms with Crippen molar-refractivity contribution in [2.45, 2.75) is 20.5 Å². The summed E-state index contributed by atoms with van der Waals surface area (Å²) in [7, 11) is 0. The zero-order chi connectivity index (χ0) is 18.1. The predicted molar refractivity (Wildman–Crippen MR) is 78.5 cm³/mol. The van der Waals surface area contributed by atoms with Crippen LogP contribution in [-0.4, -0.2) is 34.7 Å². The second-order valence-electron chi connectivity index (χ2n) is 4.75. The van der Waals surface area contributed by atoms with Crippen LogP contribution < -0.4 is 11.2 Å². The van der Waals surface area contributed by atoms with Crippen molar-refractivity contribution in [2.75, 3.05) is 6.79 Å². The molecule has 10 heteroatoms. The molecular formula is C14H16N2O8. The Hall–Kier alpha value is -3.17. The molecule has 0 spiro atoms. The van der Waals surface area contributed by atoms with Crippen molar-refractivity contribution >= 4 is 17.9 Å². The second-order valence-corrected chi connectivity index (χ2v) is 4.75. The third kappa shape index (κ3) is 7.20. The zero-order valence-electron chi connectivity index (χ0n) is 13.0. The number of carbonyl (C=O) groups is 3. The van der Waals surface area contributed by atoms with Gasteiger partial charge >= 0.3 is 23.6 Å². The van der Waals surface area contributed by atoms with E-state index in [1.54, 1.807) is 13.8 Å². The molecule has 1 rings (SSSR count). The molecule has 0 saturated carbocycles. The molecule has 0 fully saturated rings. The van der Waals surface area contributed by atoms with E-state index in [2.05, 4.69) is 14.5 Å². The van der Waals surface area contributed by atoms with Crippen LogP contribution in [-0.2, 0) is 35.2 Å². The fourth-order valence-corrected chi connectivity index (χ4v) is 1.29. The van der Waals surface area contributed by atoms with Gasteiger partial charge in [0.1, 0.15) is 6.61 Å². The molecule has 0 atom stereocenters. The summed E-state index contributed by atoms with van der Waals surface area (Å²) in [5.41, 5.74) is -1.28. The number of esters is 3. The minimum absolute atomic E-state index is 0.0914. The Labute approximate surface area is 135 Å². The van der Waals surface area contributed by atoms with Gasteiger partial charge in [0.25, 0.3) is 5.56 Å². The number of H-pyrrole nitrogens is 2. The van der Waals surface area contributed by atoms with E-state index in [1.807, 2.05) is 4.98 Å². The van der Waals surface area contributed by atoms with Crippen molar-refractivity contribution in [3.63, 3.8) is 0 Å². The topological polar surface area (TPSA) is 145 Å². The largest absolute Gasteiger partial charge is 0.456 e. The maximum atomic E-state index is 11.4. The lowest BCUT2D eigenvalue weighted by Gasteiger charge is -2.06. The molecule has 2 N–H and O–H groups in total. The van der Waals surface area contributed by atoms with Crippen LogP contribution in [0.15, 0.2) is 27.8 Å². The molecule has 0 aliphatic heterocycles. The molecule has 0 aliphatic carbocycles. The molecule has 10 nitrogen and oxygen atoms in total. The summed E-state index contributed by atoms with van der Waals surface area (Å²) < 4.78 is 13.9. The minimum Gasteiger partial charge on any atom is -0.456 e. The van der Waals surface area contributed by atoms with Gasteiger partial charge in [-0.25, -0.2) is 14.4 Å². The molecule has 0 aromatic carbocycles. The van der Waals surface area contributed by atoms with Crippen LogP contribution in [0.5, 0.6) is 0 Å². The second kappa shape index (κ2) is 9.08. The maximum Gasteiger partial charge on any atom is 0.333 e. The summed E-state index contributed by atoms with van der Waals surface area (Å²) >= 11 is 0. The van der Waals surface area contributed by atoms with Gasteiger partial charge in [-0.3, -0.25) is 14.6 Å². The highest BCUT2D eigenvalue weighted by atomic mass is 16.7. The van der Waals surface area contributed by atoms with Crippen LogP contribution in [0.25, 0.3) is 0 Å². The van der Waals surface area contributed by atoms with Gasteiger partial charge in [-0.15, -0.1) is 0 Å². The number of carbonyl (C=O) groups excluding carboxylic acids is 3. The monoisotopic (exact) mass is 340 g/mol. The lowest BCUT2D eigenvalue weighted by Crippen LogP contribution is -2.23. The fourth-order valence-electron chi connectivity index (χ4n) is 1.29. The lowest BCUT2D eigenvalue weighted by atomic mass is 10.2. The number of aromatic nitrogens is 2. The quantitative estimate of drug-likeness (QED) is 0.379. The first kappa shape index (κ1) is 18.9. The summed E-state index contributed by atoms with van der Waals surface area (Å²) in [5, 5.41) is 0. The van der Waals surface area contributed by atoms with Crippen molar-refractivity contribution < 1.29 is 28.6 Å². The van der Waals surface area contributed by atoms with E-state index >= 15 is 0 Å². The van der Waals surface area contributed by atoms with Crippen LogP contribution in [0.1, 0.15) is 19.5 Å². The number of rotatable bonds is 7. The van der Waals surface area contributed by atoms with Crippen molar-refractivity contribution in [2.24, 2.45) is 5.92 Å². The van der Waals surface area contributed by atoms with Gasteiger partial charge in [0.2, 0.25) is 6.79 Å². The first-order chi connectivity index (χ1) is 11.3. The molecule has 0 radical (unpaired) electrons. The average molecular weight is 340 g/mol. The molecule has 1 aromatic heterocycles. The van der Waals surface area contributed by atoms with Crippen LogP contribution >= 0.6 is 0 Å². The van der Waals surface area contributed by atoms with Crippen molar-refractivity contribution in [1.29, 1.82) is 0 Å². The first-order valence-corrected chi connectivity index (χ1v) is 6.78. The molecule has 1 aromatic rings. The predicted octanol–water partition coefficient (Wildman–Crippen LogP) is -0.637. The van der Waals surface area contributed by atoms with Gasteiger partial charge < -0.3 is 19.2 Å². The Morgan fingerprint density at radius 1 is 1.04 bits per heavy atom. The van der Waals surface area contributed by atoms with Crippen molar-refractivity contribution in [1.82, 2.24) is 9.97 Å². The van der Waals surface area contributed by atoms with Crippen molar-refractivity contribution in [3.05, 3.63) is 44.8 Å². The number of hydrogen-bond acceptors (Lipinski definition) is 8.